The minimum Gasteiger partial charge on any atom is -0.314 e. The summed E-state index contributed by atoms with van der Waals surface area (Å²) in [4.78, 5) is 2.55. The molecule has 1 aromatic rings. The summed E-state index contributed by atoms with van der Waals surface area (Å²) < 4.78 is 0. The monoisotopic (exact) mass is 276 g/mol. The molecule has 1 saturated heterocycles. The Hall–Kier alpha value is -0.280. The molecule has 98 valence electrons. The van der Waals surface area contributed by atoms with Crippen molar-refractivity contribution < 1.29 is 0 Å². The van der Waals surface area contributed by atoms with E-state index >= 15 is 0 Å². The van der Waals surface area contributed by atoms with Gasteiger partial charge in [-0.05, 0) is 19.4 Å². The number of halogens is 2. The third-order valence-electron chi connectivity index (χ3n) is 3.22. The van der Waals surface area contributed by atoms with Crippen molar-refractivity contribution in [2.45, 2.75) is 19.9 Å². The highest BCUT2D eigenvalue weighted by Crippen LogP contribution is 2.20. The SMILES string of the molecule is Cc1cccc([C@@H](C)N2CCNCC2)c1.Cl.Cl. The molecule has 17 heavy (non-hydrogen) atoms. The standard InChI is InChI=1S/C13H20N2.2ClH/c1-11-4-3-5-13(10-11)12(2)15-8-6-14-7-9-15;;/h3-5,10,12,14H,6-9H2,1-2H3;2*1H/t12-;;/m1../s1. The Morgan fingerprint density at radius 1 is 1.18 bits per heavy atom. The molecule has 1 atom stereocenters. The molecular formula is C13H22Cl2N2. The van der Waals surface area contributed by atoms with Gasteiger partial charge in [0.25, 0.3) is 0 Å². The van der Waals surface area contributed by atoms with E-state index in [-0.39, 0.29) is 24.8 Å². The maximum atomic E-state index is 3.39. The summed E-state index contributed by atoms with van der Waals surface area (Å²) >= 11 is 0. The Kier molecular flexibility index (Phi) is 7.80. The van der Waals surface area contributed by atoms with E-state index in [9.17, 15) is 0 Å². The van der Waals surface area contributed by atoms with Crippen molar-refractivity contribution in [2.24, 2.45) is 0 Å². The van der Waals surface area contributed by atoms with Gasteiger partial charge in [0.1, 0.15) is 0 Å². The Bertz CT molecular complexity index is 325. The lowest BCUT2D eigenvalue weighted by molar-refractivity contribution is 0.185. The predicted molar refractivity (Wildman–Crippen MR) is 78.5 cm³/mol. The summed E-state index contributed by atoms with van der Waals surface area (Å²) in [5, 5.41) is 3.39. The van der Waals surface area contributed by atoms with E-state index in [1.165, 1.54) is 11.1 Å². The van der Waals surface area contributed by atoms with Crippen molar-refractivity contribution in [1.29, 1.82) is 0 Å². The lowest BCUT2D eigenvalue weighted by Gasteiger charge is -2.33. The van der Waals surface area contributed by atoms with Gasteiger partial charge < -0.3 is 5.32 Å². The average molecular weight is 277 g/mol. The Balaban J connectivity index is 0.00000128. The maximum absolute atomic E-state index is 3.39. The summed E-state index contributed by atoms with van der Waals surface area (Å²) in [6, 6.07) is 9.40. The molecule has 0 aromatic heterocycles. The molecule has 0 spiro atoms. The van der Waals surface area contributed by atoms with Gasteiger partial charge in [0.2, 0.25) is 0 Å². The smallest absolute Gasteiger partial charge is 0.0321 e. The van der Waals surface area contributed by atoms with Gasteiger partial charge >= 0.3 is 0 Å². The molecular weight excluding hydrogens is 255 g/mol. The van der Waals surface area contributed by atoms with E-state index in [4.69, 9.17) is 0 Å². The Labute approximate surface area is 117 Å². The first kappa shape index (κ1) is 16.7. The van der Waals surface area contributed by atoms with Crippen LogP contribution in [0.2, 0.25) is 0 Å². The minimum absolute atomic E-state index is 0. The molecule has 1 aliphatic heterocycles. The number of hydrogen-bond donors (Lipinski definition) is 1. The van der Waals surface area contributed by atoms with Gasteiger partial charge in [0, 0.05) is 32.2 Å². The van der Waals surface area contributed by atoms with E-state index in [1.54, 1.807) is 0 Å². The van der Waals surface area contributed by atoms with Gasteiger partial charge in [-0.15, -0.1) is 24.8 Å². The van der Waals surface area contributed by atoms with E-state index in [0.29, 0.717) is 6.04 Å². The van der Waals surface area contributed by atoms with Crippen molar-refractivity contribution in [3.8, 4) is 0 Å². The number of nitrogens with one attached hydrogen (secondary N) is 1. The molecule has 0 unspecified atom stereocenters. The topological polar surface area (TPSA) is 15.3 Å². The molecule has 4 heteroatoms. The summed E-state index contributed by atoms with van der Waals surface area (Å²) in [6.07, 6.45) is 0. The first-order valence-electron chi connectivity index (χ1n) is 5.79. The van der Waals surface area contributed by atoms with E-state index in [0.717, 1.165) is 26.2 Å². The zero-order valence-electron chi connectivity index (χ0n) is 10.5. The largest absolute Gasteiger partial charge is 0.314 e. The fourth-order valence-corrected chi connectivity index (χ4v) is 2.21. The third kappa shape index (κ3) is 4.47. The number of aryl methyl sites for hydroxylation is 1. The lowest BCUT2D eigenvalue weighted by atomic mass is 10.0. The second kappa shape index (κ2) is 7.93. The fourth-order valence-electron chi connectivity index (χ4n) is 2.21. The number of piperazine rings is 1. The Morgan fingerprint density at radius 2 is 1.82 bits per heavy atom. The van der Waals surface area contributed by atoms with Crippen LogP contribution in [0.5, 0.6) is 0 Å². The van der Waals surface area contributed by atoms with Crippen LogP contribution < -0.4 is 5.32 Å². The van der Waals surface area contributed by atoms with Crippen molar-refractivity contribution >= 4 is 24.8 Å². The van der Waals surface area contributed by atoms with Crippen LogP contribution in [0.3, 0.4) is 0 Å². The van der Waals surface area contributed by atoms with Crippen LogP contribution in [0.1, 0.15) is 24.1 Å². The minimum atomic E-state index is 0. The molecule has 1 fully saturated rings. The Morgan fingerprint density at radius 3 is 2.41 bits per heavy atom. The van der Waals surface area contributed by atoms with Gasteiger partial charge in [-0.1, -0.05) is 29.8 Å². The highest BCUT2D eigenvalue weighted by Gasteiger charge is 2.17. The van der Waals surface area contributed by atoms with Crippen LogP contribution in [0, 0.1) is 6.92 Å². The number of benzene rings is 1. The maximum Gasteiger partial charge on any atom is 0.0321 e. The molecule has 1 aliphatic rings. The van der Waals surface area contributed by atoms with Crippen LogP contribution in [-0.4, -0.2) is 31.1 Å². The summed E-state index contributed by atoms with van der Waals surface area (Å²) in [5.74, 6) is 0. The summed E-state index contributed by atoms with van der Waals surface area (Å²) in [5.41, 5.74) is 2.80. The van der Waals surface area contributed by atoms with Crippen LogP contribution in [0.4, 0.5) is 0 Å². The number of hydrogen-bond acceptors (Lipinski definition) is 2. The molecule has 1 heterocycles. The van der Waals surface area contributed by atoms with Crippen LogP contribution in [0.15, 0.2) is 24.3 Å². The zero-order valence-corrected chi connectivity index (χ0v) is 12.1. The van der Waals surface area contributed by atoms with Crippen LogP contribution >= 0.6 is 24.8 Å². The third-order valence-corrected chi connectivity index (χ3v) is 3.22. The zero-order chi connectivity index (χ0) is 10.7. The van der Waals surface area contributed by atoms with Crippen molar-refractivity contribution in [3.05, 3.63) is 35.4 Å². The molecule has 0 aliphatic carbocycles. The van der Waals surface area contributed by atoms with Gasteiger partial charge in [0.05, 0.1) is 0 Å². The van der Waals surface area contributed by atoms with Gasteiger partial charge in [-0.25, -0.2) is 0 Å². The van der Waals surface area contributed by atoms with E-state index in [2.05, 4.69) is 48.3 Å². The number of nitrogens with zero attached hydrogens (tertiary/aromatic N) is 1. The normalized spacial score (nSPS) is 17.8. The van der Waals surface area contributed by atoms with Crippen molar-refractivity contribution in [3.63, 3.8) is 0 Å². The fraction of sp³-hybridized carbons (Fsp3) is 0.538. The van der Waals surface area contributed by atoms with E-state index in [1.807, 2.05) is 0 Å². The van der Waals surface area contributed by atoms with Crippen molar-refractivity contribution in [2.75, 3.05) is 26.2 Å². The van der Waals surface area contributed by atoms with Gasteiger partial charge in [-0.3, -0.25) is 4.90 Å². The molecule has 1 N–H and O–H groups in total. The molecule has 0 bridgehead atoms. The highest BCUT2D eigenvalue weighted by molar-refractivity contribution is 5.85. The number of rotatable bonds is 2. The molecule has 0 radical (unpaired) electrons. The molecule has 0 saturated carbocycles. The second-order valence-corrected chi connectivity index (χ2v) is 4.38. The predicted octanol–water partition coefficient (Wildman–Crippen LogP) is 2.80. The first-order valence-corrected chi connectivity index (χ1v) is 5.79. The second-order valence-electron chi connectivity index (χ2n) is 4.38. The molecule has 2 nitrogen and oxygen atoms in total. The molecule has 0 amide bonds. The van der Waals surface area contributed by atoms with Crippen molar-refractivity contribution in [1.82, 2.24) is 10.2 Å². The van der Waals surface area contributed by atoms with Gasteiger partial charge in [-0.2, -0.15) is 0 Å². The quantitative estimate of drug-likeness (QED) is 0.894. The van der Waals surface area contributed by atoms with E-state index < -0.39 is 0 Å². The van der Waals surface area contributed by atoms with Crippen LogP contribution in [-0.2, 0) is 0 Å². The van der Waals surface area contributed by atoms with Gasteiger partial charge in [0.15, 0.2) is 0 Å². The average Bonchev–Trinajstić information content (AvgIpc) is 2.29. The highest BCUT2D eigenvalue weighted by atomic mass is 35.5. The molecule has 1 aromatic carbocycles. The van der Waals surface area contributed by atoms with Crippen LogP contribution in [0.25, 0.3) is 0 Å². The lowest BCUT2D eigenvalue weighted by Crippen LogP contribution is -2.44. The first-order chi connectivity index (χ1) is 7.27. The summed E-state index contributed by atoms with van der Waals surface area (Å²) in [7, 11) is 0. The summed E-state index contributed by atoms with van der Waals surface area (Å²) in [6.45, 7) is 9.03. The molecule has 2 rings (SSSR count).